The van der Waals surface area contributed by atoms with E-state index in [0.29, 0.717) is 17.8 Å². The number of aliphatic hydroxyl groups is 1. The average molecular weight is 300 g/mol. The van der Waals surface area contributed by atoms with Crippen LogP contribution in [-0.4, -0.2) is 16.5 Å². The SMILES string of the molecule is C[C@]12C=CC(=O)C=C1CC[C@@H]1[C@H]2CC[C@@]2(C)[C@H]1CC[C@@]2(C)O. The van der Waals surface area contributed by atoms with Crippen LogP contribution in [-0.2, 0) is 4.79 Å². The molecule has 2 nitrogen and oxygen atoms in total. The van der Waals surface area contributed by atoms with Crippen molar-refractivity contribution in [2.45, 2.75) is 64.9 Å². The van der Waals surface area contributed by atoms with Crippen molar-refractivity contribution in [3.63, 3.8) is 0 Å². The molecule has 0 saturated heterocycles. The van der Waals surface area contributed by atoms with Crippen LogP contribution >= 0.6 is 0 Å². The fraction of sp³-hybridized carbons (Fsp3) is 0.750. The first-order valence-electron chi connectivity index (χ1n) is 8.95. The van der Waals surface area contributed by atoms with E-state index in [-0.39, 0.29) is 16.6 Å². The van der Waals surface area contributed by atoms with Crippen molar-refractivity contribution < 1.29 is 9.90 Å². The molecule has 4 aliphatic rings. The maximum atomic E-state index is 11.7. The number of allylic oxidation sites excluding steroid dienone is 4. The van der Waals surface area contributed by atoms with E-state index in [9.17, 15) is 9.90 Å². The zero-order chi connectivity index (χ0) is 15.8. The molecule has 4 aliphatic carbocycles. The predicted octanol–water partition coefficient (Wildman–Crippen LogP) is 4.05. The number of carbonyl (C=O) groups is 1. The first-order valence-corrected chi connectivity index (χ1v) is 8.95. The van der Waals surface area contributed by atoms with E-state index in [1.807, 2.05) is 6.08 Å². The van der Waals surface area contributed by atoms with Crippen molar-refractivity contribution in [1.82, 2.24) is 0 Å². The normalized spacial score (nSPS) is 53.5. The van der Waals surface area contributed by atoms with Crippen molar-refractivity contribution in [1.29, 1.82) is 0 Å². The summed E-state index contributed by atoms with van der Waals surface area (Å²) in [5.41, 5.74) is 1.01. The minimum Gasteiger partial charge on any atom is -0.390 e. The Morgan fingerprint density at radius 3 is 2.59 bits per heavy atom. The van der Waals surface area contributed by atoms with E-state index >= 15 is 0 Å². The molecule has 0 spiro atoms. The molecular weight excluding hydrogens is 272 g/mol. The van der Waals surface area contributed by atoms with Gasteiger partial charge in [-0.1, -0.05) is 25.5 Å². The molecule has 3 fully saturated rings. The number of rotatable bonds is 0. The molecule has 0 bridgehead atoms. The van der Waals surface area contributed by atoms with Gasteiger partial charge in [0.25, 0.3) is 0 Å². The minimum atomic E-state index is -0.502. The average Bonchev–Trinajstić information content (AvgIpc) is 2.70. The first kappa shape index (κ1) is 14.7. The largest absolute Gasteiger partial charge is 0.390 e. The summed E-state index contributed by atoms with van der Waals surface area (Å²) in [6.07, 6.45) is 12.5. The summed E-state index contributed by atoms with van der Waals surface area (Å²) in [6, 6.07) is 0. The molecule has 6 atom stereocenters. The van der Waals surface area contributed by atoms with Gasteiger partial charge in [0.15, 0.2) is 5.78 Å². The van der Waals surface area contributed by atoms with Crippen LogP contribution in [0.2, 0.25) is 0 Å². The van der Waals surface area contributed by atoms with Crippen LogP contribution in [0, 0.1) is 28.6 Å². The third kappa shape index (κ3) is 1.68. The van der Waals surface area contributed by atoms with E-state index in [0.717, 1.165) is 19.3 Å². The van der Waals surface area contributed by atoms with Crippen LogP contribution in [0.4, 0.5) is 0 Å². The Morgan fingerprint density at radius 2 is 1.82 bits per heavy atom. The molecule has 3 saturated carbocycles. The molecule has 120 valence electrons. The Kier molecular flexibility index (Phi) is 2.90. The lowest BCUT2D eigenvalue weighted by molar-refractivity contribution is -0.114. The highest BCUT2D eigenvalue weighted by molar-refractivity contribution is 6.01. The fourth-order valence-corrected chi connectivity index (χ4v) is 6.44. The van der Waals surface area contributed by atoms with Gasteiger partial charge in [-0.25, -0.2) is 0 Å². The summed E-state index contributed by atoms with van der Waals surface area (Å²) in [5, 5.41) is 10.9. The fourth-order valence-electron chi connectivity index (χ4n) is 6.44. The van der Waals surface area contributed by atoms with E-state index in [1.165, 1.54) is 24.8 Å². The maximum Gasteiger partial charge on any atom is 0.178 e. The van der Waals surface area contributed by atoms with Gasteiger partial charge in [0.05, 0.1) is 5.60 Å². The van der Waals surface area contributed by atoms with E-state index in [2.05, 4.69) is 26.8 Å². The summed E-state index contributed by atoms with van der Waals surface area (Å²) in [4.78, 5) is 11.7. The van der Waals surface area contributed by atoms with E-state index in [1.54, 1.807) is 6.08 Å². The summed E-state index contributed by atoms with van der Waals surface area (Å²) in [6.45, 7) is 6.73. The smallest absolute Gasteiger partial charge is 0.178 e. The van der Waals surface area contributed by atoms with Crippen LogP contribution < -0.4 is 0 Å². The second-order valence-electron chi connectivity index (χ2n) is 8.87. The Hall–Kier alpha value is -0.890. The van der Waals surface area contributed by atoms with Gasteiger partial charge in [-0.15, -0.1) is 0 Å². The maximum absolute atomic E-state index is 11.7. The first-order chi connectivity index (χ1) is 10.3. The summed E-state index contributed by atoms with van der Waals surface area (Å²) >= 11 is 0. The molecular formula is C20H28O2. The molecule has 0 heterocycles. The lowest BCUT2D eigenvalue weighted by atomic mass is 9.47. The van der Waals surface area contributed by atoms with Crippen molar-refractivity contribution >= 4 is 5.78 Å². The quantitative estimate of drug-likeness (QED) is 0.733. The van der Waals surface area contributed by atoms with E-state index in [4.69, 9.17) is 0 Å². The minimum absolute atomic E-state index is 0.0760. The van der Waals surface area contributed by atoms with Gasteiger partial charge in [-0.2, -0.15) is 0 Å². The molecule has 0 aromatic carbocycles. The lowest BCUT2D eigenvalue weighted by Gasteiger charge is -2.57. The monoisotopic (exact) mass is 300 g/mol. The Morgan fingerprint density at radius 1 is 1.09 bits per heavy atom. The Balaban J connectivity index is 1.71. The third-order valence-corrected chi connectivity index (χ3v) is 8.12. The predicted molar refractivity (Wildman–Crippen MR) is 87.2 cm³/mol. The Bertz CT molecular complexity index is 585. The summed E-state index contributed by atoms with van der Waals surface area (Å²) < 4.78 is 0. The number of hydrogen-bond donors (Lipinski definition) is 1. The number of fused-ring (bicyclic) bond motifs is 5. The molecule has 0 radical (unpaired) electrons. The standard InChI is InChI=1S/C20H28O2/c1-18-9-6-14(21)12-13(18)4-5-15-16(18)7-10-19(2)17(15)8-11-20(19,3)22/h6,9,12,15-17,22H,4-5,7-8,10-11H2,1-3H3/t15-,16-,17+,18+,19+,20-/m1/s1. The lowest BCUT2D eigenvalue weighted by Crippen LogP contribution is -2.53. The van der Waals surface area contributed by atoms with Crippen LogP contribution in [0.25, 0.3) is 0 Å². The molecule has 1 N–H and O–H groups in total. The summed E-state index contributed by atoms with van der Waals surface area (Å²) in [5.74, 6) is 2.15. The number of carbonyl (C=O) groups excluding carboxylic acids is 1. The number of ketones is 1. The molecule has 2 heteroatoms. The molecule has 22 heavy (non-hydrogen) atoms. The van der Waals surface area contributed by atoms with Gasteiger partial charge < -0.3 is 5.11 Å². The second-order valence-corrected chi connectivity index (χ2v) is 8.87. The van der Waals surface area contributed by atoms with Crippen molar-refractivity contribution in [3.05, 3.63) is 23.8 Å². The van der Waals surface area contributed by atoms with Gasteiger partial charge in [0.2, 0.25) is 0 Å². The summed E-state index contributed by atoms with van der Waals surface area (Å²) in [7, 11) is 0. The van der Waals surface area contributed by atoms with Gasteiger partial charge in [0.1, 0.15) is 0 Å². The number of hydrogen-bond acceptors (Lipinski definition) is 2. The van der Waals surface area contributed by atoms with Crippen LogP contribution in [0.15, 0.2) is 23.8 Å². The Labute approximate surface area is 133 Å². The van der Waals surface area contributed by atoms with Crippen LogP contribution in [0.3, 0.4) is 0 Å². The molecule has 0 amide bonds. The van der Waals surface area contributed by atoms with Crippen molar-refractivity contribution in [2.75, 3.05) is 0 Å². The van der Waals surface area contributed by atoms with Gasteiger partial charge in [-0.3, -0.25) is 4.79 Å². The molecule has 0 unspecified atom stereocenters. The van der Waals surface area contributed by atoms with Gasteiger partial charge in [0, 0.05) is 5.41 Å². The zero-order valence-corrected chi connectivity index (χ0v) is 14.1. The highest BCUT2D eigenvalue weighted by Gasteiger charge is 2.61. The van der Waals surface area contributed by atoms with Crippen molar-refractivity contribution in [2.24, 2.45) is 28.6 Å². The molecule has 0 aromatic heterocycles. The van der Waals surface area contributed by atoms with Crippen LogP contribution in [0.1, 0.15) is 59.3 Å². The third-order valence-electron chi connectivity index (χ3n) is 8.12. The highest BCUT2D eigenvalue weighted by Crippen LogP contribution is 2.66. The van der Waals surface area contributed by atoms with Crippen LogP contribution in [0.5, 0.6) is 0 Å². The second kappa shape index (κ2) is 4.35. The topological polar surface area (TPSA) is 37.3 Å². The van der Waals surface area contributed by atoms with Gasteiger partial charge in [-0.05, 0) is 80.8 Å². The van der Waals surface area contributed by atoms with Crippen molar-refractivity contribution in [3.8, 4) is 0 Å². The van der Waals surface area contributed by atoms with Gasteiger partial charge >= 0.3 is 0 Å². The molecule has 0 aliphatic heterocycles. The molecule has 0 aromatic rings. The van der Waals surface area contributed by atoms with E-state index < -0.39 is 5.60 Å². The highest BCUT2D eigenvalue weighted by atomic mass is 16.3. The molecule has 4 rings (SSSR count). The zero-order valence-electron chi connectivity index (χ0n) is 14.1.